The number of fused-ring (bicyclic) bond motifs is 2. The van der Waals surface area contributed by atoms with Crippen LogP contribution in [0.25, 0.3) is 10.9 Å². The van der Waals surface area contributed by atoms with Crippen molar-refractivity contribution in [2.24, 2.45) is 7.05 Å². The van der Waals surface area contributed by atoms with Crippen LogP contribution < -0.4 is 15.1 Å². The maximum atomic E-state index is 14.5. The Morgan fingerprint density at radius 2 is 1.86 bits per heavy atom. The summed E-state index contributed by atoms with van der Waals surface area (Å²) >= 11 is 0. The molecule has 1 N–H and O–H groups in total. The van der Waals surface area contributed by atoms with Gasteiger partial charge >= 0.3 is 12.1 Å². The lowest BCUT2D eigenvalue weighted by Crippen LogP contribution is -2.50. The van der Waals surface area contributed by atoms with E-state index in [1.54, 1.807) is 35.3 Å². The van der Waals surface area contributed by atoms with E-state index in [9.17, 15) is 14.0 Å². The van der Waals surface area contributed by atoms with Crippen LogP contribution in [0.1, 0.15) is 26.3 Å². The highest BCUT2D eigenvalue weighted by atomic mass is 19.1. The molecule has 11 heteroatoms. The number of anilines is 3. The zero-order chi connectivity index (χ0) is 25.6. The topological polar surface area (TPSA) is 95.8 Å². The van der Waals surface area contributed by atoms with Gasteiger partial charge in [0.25, 0.3) is 0 Å². The molecule has 10 nitrogen and oxygen atoms in total. The van der Waals surface area contributed by atoms with Crippen LogP contribution in [0, 0.1) is 5.82 Å². The first-order valence-corrected chi connectivity index (χ1v) is 12.0. The summed E-state index contributed by atoms with van der Waals surface area (Å²) in [6, 6.07) is 4.57. The van der Waals surface area contributed by atoms with E-state index in [1.165, 1.54) is 10.7 Å². The van der Waals surface area contributed by atoms with Gasteiger partial charge < -0.3 is 19.9 Å². The van der Waals surface area contributed by atoms with Crippen LogP contribution in [0.5, 0.6) is 0 Å². The number of rotatable bonds is 2. The second kappa shape index (κ2) is 8.96. The number of hydrogen-bond acceptors (Lipinski definition) is 6. The number of amides is 3. The Kier molecular flexibility index (Phi) is 5.93. The second-order valence-electron chi connectivity index (χ2n) is 10.1. The molecular weight excluding hydrogens is 465 g/mol. The third-order valence-corrected chi connectivity index (χ3v) is 6.29. The predicted octanol–water partition coefficient (Wildman–Crippen LogP) is 3.76. The molecule has 3 aromatic rings. The molecule has 0 atom stereocenters. The molecule has 0 bridgehead atoms. The minimum Gasteiger partial charge on any atom is -0.444 e. The maximum absolute atomic E-state index is 14.5. The SMILES string of the molecule is Cn1cc2cc(NC(=O)N3CCc4c(N5CCN(C(=O)OC(C)(C)C)CC5)ccnc43)cc(F)c2n1. The van der Waals surface area contributed by atoms with Gasteiger partial charge in [0.1, 0.15) is 16.9 Å². The summed E-state index contributed by atoms with van der Waals surface area (Å²) in [4.78, 5) is 35.5. The molecule has 36 heavy (non-hydrogen) atoms. The quantitative estimate of drug-likeness (QED) is 0.582. The first kappa shape index (κ1) is 23.8. The molecule has 1 aromatic carbocycles. The van der Waals surface area contributed by atoms with Gasteiger partial charge in [0.2, 0.25) is 0 Å². The molecule has 0 radical (unpaired) electrons. The summed E-state index contributed by atoms with van der Waals surface area (Å²) in [6.45, 7) is 8.47. The lowest BCUT2D eigenvalue weighted by molar-refractivity contribution is 0.0240. The number of aromatic nitrogens is 3. The van der Waals surface area contributed by atoms with Crippen molar-refractivity contribution in [2.75, 3.05) is 47.8 Å². The van der Waals surface area contributed by atoms with E-state index in [2.05, 4.69) is 20.3 Å². The molecule has 3 amide bonds. The van der Waals surface area contributed by atoms with Crippen molar-refractivity contribution < 1.29 is 18.7 Å². The van der Waals surface area contributed by atoms with E-state index in [-0.39, 0.29) is 17.6 Å². The van der Waals surface area contributed by atoms with E-state index in [0.29, 0.717) is 56.0 Å². The Balaban J connectivity index is 1.28. The molecule has 190 valence electrons. The van der Waals surface area contributed by atoms with Gasteiger partial charge in [0.15, 0.2) is 5.82 Å². The molecule has 5 rings (SSSR count). The minimum absolute atomic E-state index is 0.264. The van der Waals surface area contributed by atoms with Gasteiger partial charge in [-0.25, -0.2) is 19.0 Å². The zero-order valence-corrected chi connectivity index (χ0v) is 20.9. The van der Waals surface area contributed by atoms with Gasteiger partial charge in [0, 0.05) is 74.5 Å². The first-order valence-electron chi connectivity index (χ1n) is 12.0. The fraction of sp³-hybridized carbons (Fsp3) is 0.440. The molecule has 2 aromatic heterocycles. The molecule has 0 aliphatic carbocycles. The summed E-state index contributed by atoms with van der Waals surface area (Å²) in [7, 11) is 1.72. The number of carbonyl (C=O) groups excluding carboxylic acids is 2. The molecule has 4 heterocycles. The molecule has 0 saturated carbocycles. The van der Waals surface area contributed by atoms with Gasteiger partial charge in [-0.05, 0) is 45.4 Å². The van der Waals surface area contributed by atoms with Crippen molar-refractivity contribution in [3.8, 4) is 0 Å². The maximum Gasteiger partial charge on any atom is 0.410 e. The molecule has 0 unspecified atom stereocenters. The van der Waals surface area contributed by atoms with Crippen molar-refractivity contribution >= 4 is 40.2 Å². The number of aryl methyl sites for hydroxylation is 1. The summed E-state index contributed by atoms with van der Waals surface area (Å²) in [5.41, 5.74) is 2.11. The Morgan fingerprint density at radius 1 is 1.11 bits per heavy atom. The summed E-state index contributed by atoms with van der Waals surface area (Å²) in [5, 5.41) is 7.51. The smallest absolute Gasteiger partial charge is 0.410 e. The van der Waals surface area contributed by atoms with Crippen LogP contribution in [-0.2, 0) is 18.2 Å². The number of nitrogens with one attached hydrogen (secondary N) is 1. The van der Waals surface area contributed by atoms with Gasteiger partial charge in [-0.15, -0.1) is 0 Å². The minimum atomic E-state index is -0.528. The van der Waals surface area contributed by atoms with Crippen molar-refractivity contribution in [3.63, 3.8) is 0 Å². The van der Waals surface area contributed by atoms with Gasteiger partial charge in [-0.2, -0.15) is 5.10 Å². The average molecular weight is 496 g/mol. The van der Waals surface area contributed by atoms with Crippen LogP contribution in [-0.4, -0.2) is 70.1 Å². The molecule has 2 aliphatic heterocycles. The number of carbonyl (C=O) groups is 2. The van der Waals surface area contributed by atoms with Crippen LogP contribution in [0.2, 0.25) is 0 Å². The van der Waals surface area contributed by atoms with Gasteiger partial charge in [-0.1, -0.05) is 0 Å². The Bertz CT molecular complexity index is 1330. The van der Waals surface area contributed by atoms with Crippen LogP contribution in [0.15, 0.2) is 30.6 Å². The van der Waals surface area contributed by atoms with Gasteiger partial charge in [0.05, 0.1) is 0 Å². The largest absolute Gasteiger partial charge is 0.444 e. The van der Waals surface area contributed by atoms with Crippen molar-refractivity contribution in [2.45, 2.75) is 32.8 Å². The van der Waals surface area contributed by atoms with Crippen LogP contribution >= 0.6 is 0 Å². The van der Waals surface area contributed by atoms with Crippen molar-refractivity contribution in [1.29, 1.82) is 0 Å². The fourth-order valence-corrected chi connectivity index (χ4v) is 4.70. The Morgan fingerprint density at radius 3 is 2.58 bits per heavy atom. The zero-order valence-electron chi connectivity index (χ0n) is 20.9. The summed E-state index contributed by atoms with van der Waals surface area (Å²) in [5.74, 6) is 0.110. The van der Waals surface area contributed by atoms with Crippen molar-refractivity contribution in [1.82, 2.24) is 19.7 Å². The molecule has 0 spiro atoms. The number of hydrogen-bond donors (Lipinski definition) is 1. The van der Waals surface area contributed by atoms with E-state index in [4.69, 9.17) is 4.74 Å². The number of halogens is 1. The number of pyridine rings is 1. The highest BCUT2D eigenvalue weighted by Crippen LogP contribution is 2.35. The number of piperazine rings is 1. The Labute approximate surface area is 208 Å². The second-order valence-corrected chi connectivity index (χ2v) is 10.1. The predicted molar refractivity (Wildman–Crippen MR) is 135 cm³/mol. The van der Waals surface area contributed by atoms with E-state index in [1.807, 2.05) is 26.8 Å². The highest BCUT2D eigenvalue weighted by molar-refractivity contribution is 6.04. The number of urea groups is 1. The normalized spacial score (nSPS) is 15.9. The molecule has 1 fully saturated rings. The Hall–Kier alpha value is -3.89. The van der Waals surface area contributed by atoms with Gasteiger partial charge in [-0.3, -0.25) is 9.58 Å². The first-order chi connectivity index (χ1) is 17.1. The molecule has 1 saturated heterocycles. The third kappa shape index (κ3) is 4.65. The van der Waals surface area contributed by atoms with Crippen molar-refractivity contribution in [3.05, 3.63) is 42.0 Å². The third-order valence-electron chi connectivity index (χ3n) is 6.29. The fourth-order valence-electron chi connectivity index (χ4n) is 4.70. The standard InChI is InChI=1S/C25H30FN7O3/c1-25(2,3)36-24(35)32-11-9-31(10-12-32)20-5-7-27-22-18(20)6-8-33(22)23(34)28-17-13-16-15-30(4)29-21(16)19(26)14-17/h5,7,13-15H,6,8-12H2,1-4H3,(H,28,34). The monoisotopic (exact) mass is 495 g/mol. The number of nitrogens with zero attached hydrogens (tertiary/aromatic N) is 6. The average Bonchev–Trinajstić information content (AvgIpc) is 3.41. The lowest BCUT2D eigenvalue weighted by atomic mass is 10.1. The highest BCUT2D eigenvalue weighted by Gasteiger charge is 2.32. The molecule has 2 aliphatic rings. The summed E-state index contributed by atoms with van der Waals surface area (Å²) in [6.07, 6.45) is 3.76. The number of benzene rings is 1. The van der Waals surface area contributed by atoms with E-state index >= 15 is 0 Å². The van der Waals surface area contributed by atoms with Crippen LogP contribution in [0.4, 0.5) is 31.2 Å². The van der Waals surface area contributed by atoms with E-state index in [0.717, 1.165) is 11.3 Å². The lowest BCUT2D eigenvalue weighted by Gasteiger charge is -2.37. The van der Waals surface area contributed by atoms with E-state index < -0.39 is 11.4 Å². The molecular formula is C25H30FN7O3. The van der Waals surface area contributed by atoms with Crippen LogP contribution in [0.3, 0.4) is 0 Å². The summed E-state index contributed by atoms with van der Waals surface area (Å²) < 4.78 is 21.5. The number of ether oxygens (including phenoxy) is 1.